The van der Waals surface area contributed by atoms with Gasteiger partial charge in [0.1, 0.15) is 0 Å². The van der Waals surface area contributed by atoms with E-state index in [0.29, 0.717) is 5.92 Å². The number of rotatable bonds is 5. The second kappa shape index (κ2) is 11.0. The van der Waals surface area contributed by atoms with Crippen molar-refractivity contribution in [1.82, 2.24) is 4.98 Å². The molecule has 1 aromatic carbocycles. The highest BCUT2D eigenvalue weighted by Crippen LogP contribution is 2.39. The third-order valence-corrected chi connectivity index (χ3v) is 5.62. The molecule has 1 aromatic heterocycles. The fourth-order valence-corrected chi connectivity index (χ4v) is 3.36. The van der Waals surface area contributed by atoms with E-state index in [2.05, 4.69) is 90.1 Å². The van der Waals surface area contributed by atoms with Crippen LogP contribution in [0.3, 0.4) is 0 Å². The van der Waals surface area contributed by atoms with Crippen molar-refractivity contribution in [3.05, 3.63) is 71.6 Å². The SMILES string of the molecule is CCC(C)C.CCC=CCC1CC(C)=C(C)C=C1c1nccc2ccccc12. The molecule has 1 heterocycles. The van der Waals surface area contributed by atoms with Crippen LogP contribution in [0.4, 0.5) is 0 Å². The number of nitrogens with zero attached hydrogens (tertiary/aromatic N) is 1. The van der Waals surface area contributed by atoms with E-state index in [0.717, 1.165) is 30.9 Å². The summed E-state index contributed by atoms with van der Waals surface area (Å²) in [5.74, 6) is 1.41. The summed E-state index contributed by atoms with van der Waals surface area (Å²) in [6, 6.07) is 10.7. The molecule has 1 aliphatic carbocycles. The van der Waals surface area contributed by atoms with Crippen molar-refractivity contribution >= 4 is 16.3 Å². The first-order valence-corrected chi connectivity index (χ1v) is 10.8. The molecule has 150 valence electrons. The Morgan fingerprint density at radius 1 is 1.07 bits per heavy atom. The predicted octanol–water partition coefficient (Wildman–Crippen LogP) is 8.38. The Labute approximate surface area is 172 Å². The van der Waals surface area contributed by atoms with E-state index in [-0.39, 0.29) is 0 Å². The van der Waals surface area contributed by atoms with Crippen LogP contribution in [0, 0.1) is 11.8 Å². The van der Waals surface area contributed by atoms with Crippen molar-refractivity contribution in [3.63, 3.8) is 0 Å². The highest BCUT2D eigenvalue weighted by molar-refractivity contribution is 5.93. The third kappa shape index (κ3) is 5.92. The first kappa shape index (κ1) is 22.1. The molecule has 1 heteroatoms. The number of benzene rings is 1. The van der Waals surface area contributed by atoms with Gasteiger partial charge < -0.3 is 0 Å². The number of allylic oxidation sites excluding steroid dienone is 6. The molecule has 1 unspecified atom stereocenters. The van der Waals surface area contributed by atoms with Gasteiger partial charge in [0, 0.05) is 11.6 Å². The molecule has 0 saturated heterocycles. The zero-order valence-corrected chi connectivity index (χ0v) is 18.6. The summed E-state index contributed by atoms with van der Waals surface area (Å²) in [5.41, 5.74) is 5.45. The van der Waals surface area contributed by atoms with E-state index in [1.54, 1.807) is 0 Å². The third-order valence-electron chi connectivity index (χ3n) is 5.62. The molecule has 1 aliphatic rings. The van der Waals surface area contributed by atoms with Crippen LogP contribution < -0.4 is 0 Å². The number of hydrogen-bond acceptors (Lipinski definition) is 1. The molecule has 0 spiro atoms. The number of pyridine rings is 1. The second-order valence-corrected chi connectivity index (χ2v) is 8.26. The largest absolute Gasteiger partial charge is 0.256 e. The van der Waals surface area contributed by atoms with Gasteiger partial charge in [-0.2, -0.15) is 0 Å². The summed E-state index contributed by atoms with van der Waals surface area (Å²) in [6.07, 6.45) is 13.5. The standard InChI is InChI=1S/C22H25N.C5H12/c1-4-5-6-10-19-14-16(2)17(3)15-21(19)22-20-11-8-7-9-18(20)12-13-23-22;1-4-5(2)3/h5-9,11-13,15,19H,4,10,14H2,1-3H3;5H,4H2,1-3H3. The number of fused-ring (bicyclic) bond motifs is 1. The van der Waals surface area contributed by atoms with Gasteiger partial charge in [0.2, 0.25) is 0 Å². The molecule has 2 aromatic rings. The van der Waals surface area contributed by atoms with Crippen molar-refractivity contribution in [3.8, 4) is 0 Å². The van der Waals surface area contributed by atoms with E-state index in [4.69, 9.17) is 4.98 Å². The molecule has 0 amide bonds. The molecule has 0 radical (unpaired) electrons. The van der Waals surface area contributed by atoms with Gasteiger partial charge in [0.05, 0.1) is 5.69 Å². The van der Waals surface area contributed by atoms with Gasteiger partial charge in [-0.15, -0.1) is 0 Å². The lowest BCUT2D eigenvalue weighted by Gasteiger charge is -2.25. The van der Waals surface area contributed by atoms with Crippen molar-refractivity contribution in [1.29, 1.82) is 0 Å². The maximum absolute atomic E-state index is 4.75. The highest BCUT2D eigenvalue weighted by atomic mass is 14.7. The average Bonchev–Trinajstić information content (AvgIpc) is 2.70. The fraction of sp³-hybridized carbons (Fsp3) is 0.444. The van der Waals surface area contributed by atoms with E-state index >= 15 is 0 Å². The number of aromatic nitrogens is 1. The highest BCUT2D eigenvalue weighted by Gasteiger charge is 2.22. The Morgan fingerprint density at radius 3 is 2.46 bits per heavy atom. The molecule has 0 N–H and O–H groups in total. The summed E-state index contributed by atoms with van der Waals surface area (Å²) in [4.78, 5) is 4.75. The first-order chi connectivity index (χ1) is 13.5. The number of hydrogen-bond donors (Lipinski definition) is 0. The van der Waals surface area contributed by atoms with Crippen LogP contribution in [-0.2, 0) is 0 Å². The fourth-order valence-electron chi connectivity index (χ4n) is 3.36. The van der Waals surface area contributed by atoms with E-state index in [1.807, 2.05) is 6.20 Å². The van der Waals surface area contributed by atoms with Crippen LogP contribution in [0.5, 0.6) is 0 Å². The van der Waals surface area contributed by atoms with Crippen molar-refractivity contribution in [2.45, 2.75) is 67.2 Å². The van der Waals surface area contributed by atoms with Crippen molar-refractivity contribution in [2.24, 2.45) is 11.8 Å². The Kier molecular flexibility index (Phi) is 8.70. The lowest BCUT2D eigenvalue weighted by Crippen LogP contribution is -2.10. The van der Waals surface area contributed by atoms with Gasteiger partial charge in [0.25, 0.3) is 0 Å². The Balaban J connectivity index is 0.000000500. The van der Waals surface area contributed by atoms with Crippen molar-refractivity contribution < 1.29 is 0 Å². The molecule has 0 bridgehead atoms. The molecular weight excluding hydrogens is 338 g/mol. The van der Waals surface area contributed by atoms with Crippen LogP contribution in [0.1, 0.15) is 72.9 Å². The molecule has 0 aliphatic heterocycles. The van der Waals surface area contributed by atoms with E-state index in [1.165, 1.54) is 33.9 Å². The van der Waals surface area contributed by atoms with Gasteiger partial charge in [-0.1, -0.05) is 87.8 Å². The first-order valence-electron chi connectivity index (χ1n) is 10.8. The molecule has 0 saturated carbocycles. The Hall–Kier alpha value is -2.15. The maximum atomic E-state index is 4.75. The van der Waals surface area contributed by atoms with Gasteiger partial charge >= 0.3 is 0 Å². The quantitative estimate of drug-likeness (QED) is 0.478. The molecule has 0 fully saturated rings. The minimum atomic E-state index is 0.528. The predicted molar refractivity (Wildman–Crippen MR) is 125 cm³/mol. The van der Waals surface area contributed by atoms with Crippen LogP contribution in [0.25, 0.3) is 16.3 Å². The monoisotopic (exact) mass is 375 g/mol. The summed E-state index contributed by atoms with van der Waals surface area (Å²) in [7, 11) is 0. The van der Waals surface area contributed by atoms with E-state index < -0.39 is 0 Å². The smallest absolute Gasteiger partial charge is 0.0743 e. The van der Waals surface area contributed by atoms with Gasteiger partial charge in [0.15, 0.2) is 0 Å². The normalized spacial score (nSPS) is 17.1. The van der Waals surface area contributed by atoms with Gasteiger partial charge in [-0.05, 0) is 62.0 Å². The topological polar surface area (TPSA) is 12.9 Å². The van der Waals surface area contributed by atoms with E-state index in [9.17, 15) is 0 Å². The molecular formula is C27H37N. The summed E-state index contributed by atoms with van der Waals surface area (Å²) < 4.78 is 0. The maximum Gasteiger partial charge on any atom is 0.0743 e. The van der Waals surface area contributed by atoms with Gasteiger partial charge in [-0.25, -0.2) is 0 Å². The Bertz CT molecular complexity index is 846. The molecule has 1 atom stereocenters. The van der Waals surface area contributed by atoms with Crippen LogP contribution in [0.15, 0.2) is 65.9 Å². The summed E-state index contributed by atoms with van der Waals surface area (Å²) >= 11 is 0. The minimum absolute atomic E-state index is 0.528. The van der Waals surface area contributed by atoms with Crippen molar-refractivity contribution in [2.75, 3.05) is 0 Å². The molecule has 3 rings (SSSR count). The average molecular weight is 376 g/mol. The zero-order valence-electron chi connectivity index (χ0n) is 18.6. The van der Waals surface area contributed by atoms with Crippen LogP contribution in [-0.4, -0.2) is 4.98 Å². The lowest BCUT2D eigenvalue weighted by atomic mass is 9.80. The molecule has 1 nitrogen and oxygen atoms in total. The zero-order chi connectivity index (χ0) is 20.5. The van der Waals surface area contributed by atoms with Gasteiger partial charge in [-0.3, -0.25) is 4.98 Å². The second-order valence-electron chi connectivity index (χ2n) is 8.26. The minimum Gasteiger partial charge on any atom is -0.256 e. The Morgan fingerprint density at radius 2 is 1.79 bits per heavy atom. The van der Waals surface area contributed by atoms with Crippen LogP contribution >= 0.6 is 0 Å². The van der Waals surface area contributed by atoms with Crippen LogP contribution in [0.2, 0.25) is 0 Å². The molecule has 28 heavy (non-hydrogen) atoms. The lowest BCUT2D eigenvalue weighted by molar-refractivity contribution is 0.626. The summed E-state index contributed by atoms with van der Waals surface area (Å²) in [6.45, 7) is 13.3. The summed E-state index contributed by atoms with van der Waals surface area (Å²) in [5, 5.41) is 2.53.